The van der Waals surface area contributed by atoms with Gasteiger partial charge in [-0.2, -0.15) is 0 Å². The van der Waals surface area contributed by atoms with Crippen LogP contribution in [0.25, 0.3) is 10.9 Å². The number of rotatable bonds is 4. The molecule has 2 heterocycles. The summed E-state index contributed by atoms with van der Waals surface area (Å²) < 4.78 is 25.6. The molecule has 2 aromatic carbocycles. The number of nitrogens with zero attached hydrogens (tertiary/aromatic N) is 2. The van der Waals surface area contributed by atoms with Crippen molar-refractivity contribution in [3.8, 4) is 11.5 Å². The van der Waals surface area contributed by atoms with E-state index in [-0.39, 0.29) is 5.82 Å². The molecule has 0 aliphatic carbocycles. The standard InChI is InChI=1S/C20H20FN3O2/c1-22-13-4-5-17-12(8-13)6-7-24(17)20-14-9-18(25-2)19(26-3)10-16(14)23-11-15(20)21/h4-5,8-11,22H,6-7H2,1-3H3. The molecule has 26 heavy (non-hydrogen) atoms. The molecule has 0 atom stereocenters. The summed E-state index contributed by atoms with van der Waals surface area (Å²) >= 11 is 0. The number of nitrogens with one attached hydrogen (secondary N) is 1. The van der Waals surface area contributed by atoms with Crippen LogP contribution in [0, 0.1) is 5.82 Å². The van der Waals surface area contributed by atoms with Crippen LogP contribution >= 0.6 is 0 Å². The Morgan fingerprint density at radius 2 is 1.88 bits per heavy atom. The molecular formula is C20H20FN3O2. The molecule has 0 fully saturated rings. The summed E-state index contributed by atoms with van der Waals surface area (Å²) in [6, 6.07) is 9.71. The molecule has 4 rings (SSSR count). The molecule has 6 heteroatoms. The third-order valence-electron chi connectivity index (χ3n) is 4.83. The van der Waals surface area contributed by atoms with Crippen molar-refractivity contribution in [2.24, 2.45) is 0 Å². The van der Waals surface area contributed by atoms with Crippen molar-refractivity contribution in [3.05, 3.63) is 47.9 Å². The summed E-state index contributed by atoms with van der Waals surface area (Å²) in [5, 5.41) is 3.85. The van der Waals surface area contributed by atoms with Gasteiger partial charge in [0.25, 0.3) is 0 Å². The minimum atomic E-state index is -0.352. The minimum absolute atomic E-state index is 0.352. The number of halogens is 1. The van der Waals surface area contributed by atoms with Gasteiger partial charge in [0, 0.05) is 36.4 Å². The molecule has 0 bridgehead atoms. The zero-order valence-corrected chi connectivity index (χ0v) is 15.0. The van der Waals surface area contributed by atoms with Gasteiger partial charge in [-0.25, -0.2) is 4.39 Å². The van der Waals surface area contributed by atoms with Crippen LogP contribution in [-0.2, 0) is 6.42 Å². The monoisotopic (exact) mass is 353 g/mol. The maximum absolute atomic E-state index is 14.8. The smallest absolute Gasteiger partial charge is 0.165 e. The Bertz CT molecular complexity index is 990. The van der Waals surface area contributed by atoms with Gasteiger partial charge in [0.1, 0.15) is 0 Å². The molecule has 0 spiro atoms. The topological polar surface area (TPSA) is 46.6 Å². The van der Waals surface area contributed by atoms with Crippen molar-refractivity contribution in [1.29, 1.82) is 0 Å². The van der Waals surface area contributed by atoms with Gasteiger partial charge >= 0.3 is 0 Å². The fourth-order valence-corrected chi connectivity index (χ4v) is 3.54. The van der Waals surface area contributed by atoms with Crippen LogP contribution in [0.1, 0.15) is 5.56 Å². The average Bonchev–Trinajstić information content (AvgIpc) is 3.09. The Labute approximate surface area is 151 Å². The van der Waals surface area contributed by atoms with Crippen molar-refractivity contribution in [2.75, 3.05) is 38.0 Å². The lowest BCUT2D eigenvalue weighted by molar-refractivity contribution is 0.356. The van der Waals surface area contributed by atoms with E-state index in [0.717, 1.165) is 17.8 Å². The Hall–Kier alpha value is -3.02. The first-order chi connectivity index (χ1) is 12.7. The molecule has 0 radical (unpaired) electrons. The van der Waals surface area contributed by atoms with Crippen molar-refractivity contribution < 1.29 is 13.9 Å². The minimum Gasteiger partial charge on any atom is -0.493 e. The fraction of sp³-hybridized carbons (Fsp3) is 0.250. The first-order valence-corrected chi connectivity index (χ1v) is 8.44. The highest BCUT2D eigenvalue weighted by Crippen LogP contribution is 2.42. The number of ether oxygens (including phenoxy) is 2. The average molecular weight is 353 g/mol. The lowest BCUT2D eigenvalue weighted by Crippen LogP contribution is -2.15. The summed E-state index contributed by atoms with van der Waals surface area (Å²) in [5.41, 5.74) is 4.45. The van der Waals surface area contributed by atoms with Crippen LogP contribution in [0.5, 0.6) is 11.5 Å². The number of anilines is 3. The van der Waals surface area contributed by atoms with E-state index >= 15 is 0 Å². The Balaban J connectivity index is 1.91. The summed E-state index contributed by atoms with van der Waals surface area (Å²) in [7, 11) is 5.04. The number of aromatic nitrogens is 1. The zero-order chi connectivity index (χ0) is 18.3. The fourth-order valence-electron chi connectivity index (χ4n) is 3.54. The third kappa shape index (κ3) is 2.49. The second-order valence-corrected chi connectivity index (χ2v) is 6.17. The lowest BCUT2D eigenvalue weighted by atomic mass is 10.1. The van der Waals surface area contributed by atoms with Gasteiger partial charge in [-0.05, 0) is 36.2 Å². The van der Waals surface area contributed by atoms with Crippen LogP contribution in [-0.4, -0.2) is 32.8 Å². The van der Waals surface area contributed by atoms with Crippen molar-refractivity contribution in [1.82, 2.24) is 4.98 Å². The van der Waals surface area contributed by atoms with Crippen LogP contribution in [0.2, 0.25) is 0 Å². The molecule has 1 aromatic heterocycles. The van der Waals surface area contributed by atoms with E-state index in [0.29, 0.717) is 34.6 Å². The first kappa shape index (κ1) is 16.4. The number of pyridine rings is 1. The second-order valence-electron chi connectivity index (χ2n) is 6.17. The summed E-state index contributed by atoms with van der Waals surface area (Å²) in [4.78, 5) is 6.25. The van der Waals surface area contributed by atoms with Gasteiger partial charge in [-0.15, -0.1) is 0 Å². The molecular weight excluding hydrogens is 333 g/mol. The first-order valence-electron chi connectivity index (χ1n) is 8.44. The van der Waals surface area contributed by atoms with Gasteiger partial charge in [-0.3, -0.25) is 4.98 Å². The van der Waals surface area contributed by atoms with Crippen molar-refractivity contribution >= 4 is 28.0 Å². The van der Waals surface area contributed by atoms with Gasteiger partial charge in [-0.1, -0.05) is 0 Å². The highest BCUT2D eigenvalue weighted by Gasteiger charge is 2.26. The molecule has 0 saturated carbocycles. The zero-order valence-electron chi connectivity index (χ0n) is 15.0. The van der Waals surface area contributed by atoms with E-state index in [2.05, 4.69) is 16.4 Å². The molecule has 0 amide bonds. The molecule has 134 valence electrons. The predicted octanol–water partition coefficient (Wildman–Crippen LogP) is 4.13. The third-order valence-corrected chi connectivity index (χ3v) is 4.83. The van der Waals surface area contributed by atoms with Crippen molar-refractivity contribution in [3.63, 3.8) is 0 Å². The molecule has 3 aromatic rings. The highest BCUT2D eigenvalue weighted by atomic mass is 19.1. The van der Waals surface area contributed by atoms with Crippen LogP contribution in [0.15, 0.2) is 36.5 Å². The Morgan fingerprint density at radius 3 is 2.62 bits per heavy atom. The number of benzene rings is 2. The number of hydrogen-bond acceptors (Lipinski definition) is 5. The largest absolute Gasteiger partial charge is 0.493 e. The number of methoxy groups -OCH3 is 2. The van der Waals surface area contributed by atoms with Crippen molar-refractivity contribution in [2.45, 2.75) is 6.42 Å². The number of fused-ring (bicyclic) bond motifs is 2. The second kappa shape index (κ2) is 6.37. The quantitative estimate of drug-likeness (QED) is 0.764. The maximum Gasteiger partial charge on any atom is 0.165 e. The van der Waals surface area contributed by atoms with Crippen LogP contribution in [0.4, 0.5) is 21.5 Å². The molecule has 5 nitrogen and oxygen atoms in total. The maximum atomic E-state index is 14.8. The van der Waals surface area contributed by atoms with Gasteiger partial charge in [0.05, 0.1) is 31.6 Å². The van der Waals surface area contributed by atoms with Gasteiger partial charge in [0.2, 0.25) is 0 Å². The highest BCUT2D eigenvalue weighted by molar-refractivity contribution is 5.97. The van der Waals surface area contributed by atoms with Gasteiger partial charge in [0.15, 0.2) is 17.3 Å². The van der Waals surface area contributed by atoms with Gasteiger partial charge < -0.3 is 19.7 Å². The van der Waals surface area contributed by atoms with E-state index in [4.69, 9.17) is 9.47 Å². The summed E-state index contributed by atoms with van der Waals surface area (Å²) in [6.07, 6.45) is 2.13. The molecule has 1 N–H and O–H groups in total. The Kier molecular flexibility index (Phi) is 4.03. The number of hydrogen-bond donors (Lipinski definition) is 1. The van der Waals surface area contributed by atoms with E-state index < -0.39 is 0 Å². The van der Waals surface area contributed by atoms with Crippen LogP contribution < -0.4 is 19.7 Å². The van der Waals surface area contributed by atoms with E-state index in [9.17, 15) is 4.39 Å². The summed E-state index contributed by atoms with van der Waals surface area (Å²) in [5.74, 6) is 0.777. The lowest BCUT2D eigenvalue weighted by Gasteiger charge is -2.22. The van der Waals surface area contributed by atoms with E-state index in [1.54, 1.807) is 26.4 Å². The molecule has 1 aliphatic heterocycles. The van der Waals surface area contributed by atoms with Crippen LogP contribution in [0.3, 0.4) is 0 Å². The molecule has 0 unspecified atom stereocenters. The summed E-state index contributed by atoms with van der Waals surface area (Å²) in [6.45, 7) is 0.715. The normalized spacial score (nSPS) is 13.0. The Morgan fingerprint density at radius 1 is 1.12 bits per heavy atom. The van der Waals surface area contributed by atoms with E-state index in [1.165, 1.54) is 11.8 Å². The molecule has 0 saturated heterocycles. The SMILES string of the molecule is CNc1ccc2c(c1)CCN2c1c(F)cnc2cc(OC)c(OC)cc12. The van der Waals surface area contributed by atoms with E-state index in [1.807, 2.05) is 24.1 Å². The molecule has 1 aliphatic rings. The predicted molar refractivity (Wildman–Crippen MR) is 102 cm³/mol.